The molecule has 0 unspecified atom stereocenters. The van der Waals surface area contributed by atoms with Crippen molar-refractivity contribution in [3.63, 3.8) is 0 Å². The van der Waals surface area contributed by atoms with E-state index in [9.17, 15) is 0 Å². The molecule has 3 rings (SSSR count). The minimum absolute atomic E-state index is 0.563. The molecule has 0 amide bonds. The Morgan fingerprint density at radius 2 is 1.52 bits per heavy atom. The van der Waals surface area contributed by atoms with Gasteiger partial charge in [0.25, 0.3) is 0 Å². The zero-order valence-corrected chi connectivity index (χ0v) is 17.1. The lowest BCUT2D eigenvalue weighted by Gasteiger charge is -2.14. The number of aryl methyl sites for hydroxylation is 1. The largest absolute Gasteiger partial charge is 0.489 e. The van der Waals surface area contributed by atoms with Gasteiger partial charge in [0.2, 0.25) is 0 Å². The third-order valence-electron chi connectivity index (χ3n) is 3.86. The monoisotopic (exact) mass is 459 g/mol. The number of halogens is 2. The van der Waals surface area contributed by atoms with Crippen molar-refractivity contribution in [2.75, 3.05) is 5.32 Å². The minimum atomic E-state index is 0.563. The van der Waals surface area contributed by atoms with Crippen molar-refractivity contribution in [1.82, 2.24) is 0 Å². The van der Waals surface area contributed by atoms with Gasteiger partial charge in [0, 0.05) is 26.7 Å². The molecule has 0 atom stereocenters. The highest BCUT2D eigenvalue weighted by Gasteiger charge is 2.06. The first-order chi connectivity index (χ1) is 12.1. The SMILES string of the molecule is Cc1ccc(COc2ccc(Br)cc2CNc2ccc(Br)cc2)cc1. The summed E-state index contributed by atoms with van der Waals surface area (Å²) in [6.45, 7) is 3.35. The van der Waals surface area contributed by atoms with E-state index in [1.54, 1.807) is 0 Å². The standard InChI is InChI=1S/C21H19Br2NO/c1-15-2-4-16(5-3-15)14-25-21-11-8-19(23)12-17(21)13-24-20-9-6-18(22)7-10-20/h2-12,24H,13-14H2,1H3. The minimum Gasteiger partial charge on any atom is -0.489 e. The van der Waals surface area contributed by atoms with Crippen LogP contribution >= 0.6 is 31.9 Å². The van der Waals surface area contributed by atoms with Crippen LogP contribution in [-0.2, 0) is 13.2 Å². The van der Waals surface area contributed by atoms with E-state index in [-0.39, 0.29) is 0 Å². The number of rotatable bonds is 6. The summed E-state index contributed by atoms with van der Waals surface area (Å²) in [6, 6.07) is 22.7. The molecule has 128 valence electrons. The van der Waals surface area contributed by atoms with Crippen molar-refractivity contribution in [2.45, 2.75) is 20.1 Å². The number of benzene rings is 3. The van der Waals surface area contributed by atoms with Gasteiger partial charge in [-0.15, -0.1) is 0 Å². The first kappa shape index (κ1) is 18.0. The Morgan fingerprint density at radius 1 is 0.840 bits per heavy atom. The van der Waals surface area contributed by atoms with E-state index in [0.29, 0.717) is 13.2 Å². The van der Waals surface area contributed by atoms with E-state index in [0.717, 1.165) is 25.9 Å². The molecule has 0 aliphatic heterocycles. The van der Waals surface area contributed by atoms with Crippen LogP contribution in [0.2, 0.25) is 0 Å². The Hall–Kier alpha value is -1.78. The predicted molar refractivity (Wildman–Crippen MR) is 111 cm³/mol. The quantitative estimate of drug-likeness (QED) is 0.441. The Morgan fingerprint density at radius 3 is 2.24 bits per heavy atom. The van der Waals surface area contributed by atoms with Crippen molar-refractivity contribution in [2.24, 2.45) is 0 Å². The lowest BCUT2D eigenvalue weighted by molar-refractivity contribution is 0.303. The van der Waals surface area contributed by atoms with Crippen LogP contribution in [0.15, 0.2) is 75.7 Å². The van der Waals surface area contributed by atoms with Gasteiger partial charge in [0.05, 0.1) is 0 Å². The van der Waals surface area contributed by atoms with Gasteiger partial charge < -0.3 is 10.1 Å². The second-order valence-electron chi connectivity index (χ2n) is 5.89. The number of hydrogen-bond acceptors (Lipinski definition) is 2. The van der Waals surface area contributed by atoms with Crippen LogP contribution in [-0.4, -0.2) is 0 Å². The first-order valence-corrected chi connectivity index (χ1v) is 9.65. The Labute approximate surface area is 165 Å². The molecule has 0 bridgehead atoms. The molecule has 0 aliphatic rings. The summed E-state index contributed by atoms with van der Waals surface area (Å²) in [4.78, 5) is 0. The fourth-order valence-electron chi connectivity index (χ4n) is 2.44. The van der Waals surface area contributed by atoms with Crippen molar-refractivity contribution in [3.05, 3.63) is 92.4 Å². The van der Waals surface area contributed by atoms with Gasteiger partial charge in [-0.25, -0.2) is 0 Å². The average Bonchev–Trinajstić information content (AvgIpc) is 2.62. The van der Waals surface area contributed by atoms with Gasteiger partial charge in [-0.05, 0) is 55.0 Å². The number of nitrogens with one attached hydrogen (secondary N) is 1. The van der Waals surface area contributed by atoms with Gasteiger partial charge in [-0.1, -0.05) is 61.7 Å². The van der Waals surface area contributed by atoms with Crippen molar-refractivity contribution >= 4 is 37.5 Å². The second-order valence-corrected chi connectivity index (χ2v) is 7.72. The summed E-state index contributed by atoms with van der Waals surface area (Å²) < 4.78 is 8.17. The maximum Gasteiger partial charge on any atom is 0.124 e. The molecular formula is C21H19Br2NO. The summed E-state index contributed by atoms with van der Waals surface area (Å²) in [5.74, 6) is 0.897. The second kappa shape index (κ2) is 8.54. The maximum atomic E-state index is 6.06. The van der Waals surface area contributed by atoms with E-state index < -0.39 is 0 Å². The molecule has 0 aromatic heterocycles. The van der Waals surface area contributed by atoms with Gasteiger partial charge in [-0.3, -0.25) is 0 Å². The van der Waals surface area contributed by atoms with Gasteiger partial charge >= 0.3 is 0 Å². The molecule has 0 saturated carbocycles. The van der Waals surface area contributed by atoms with E-state index in [4.69, 9.17) is 4.74 Å². The Balaban J connectivity index is 1.69. The first-order valence-electron chi connectivity index (χ1n) is 8.06. The zero-order valence-electron chi connectivity index (χ0n) is 13.9. The molecule has 1 N–H and O–H groups in total. The number of ether oxygens (including phenoxy) is 1. The van der Waals surface area contributed by atoms with Crippen LogP contribution in [0.5, 0.6) is 5.75 Å². The van der Waals surface area contributed by atoms with E-state index >= 15 is 0 Å². The zero-order chi connectivity index (χ0) is 17.6. The molecule has 0 fully saturated rings. The molecule has 2 nitrogen and oxygen atoms in total. The van der Waals surface area contributed by atoms with Crippen LogP contribution < -0.4 is 10.1 Å². The summed E-state index contributed by atoms with van der Waals surface area (Å²) in [7, 11) is 0. The van der Waals surface area contributed by atoms with Gasteiger partial charge in [0.1, 0.15) is 12.4 Å². The molecule has 0 radical (unpaired) electrons. The smallest absolute Gasteiger partial charge is 0.124 e. The van der Waals surface area contributed by atoms with Crippen molar-refractivity contribution < 1.29 is 4.74 Å². The third kappa shape index (κ3) is 5.35. The third-order valence-corrected chi connectivity index (χ3v) is 4.89. The van der Waals surface area contributed by atoms with Crippen molar-refractivity contribution in [1.29, 1.82) is 0 Å². The highest BCUT2D eigenvalue weighted by Crippen LogP contribution is 2.25. The fraction of sp³-hybridized carbons (Fsp3) is 0.143. The van der Waals surface area contributed by atoms with Gasteiger partial charge in [-0.2, -0.15) is 0 Å². The molecule has 3 aromatic carbocycles. The molecule has 0 heterocycles. The summed E-state index contributed by atoms with van der Waals surface area (Å²) in [6.07, 6.45) is 0. The molecule has 25 heavy (non-hydrogen) atoms. The summed E-state index contributed by atoms with van der Waals surface area (Å²) in [5.41, 5.74) is 4.61. The Kier molecular flexibility index (Phi) is 6.16. The molecule has 0 spiro atoms. The highest BCUT2D eigenvalue weighted by atomic mass is 79.9. The fourth-order valence-corrected chi connectivity index (χ4v) is 3.11. The van der Waals surface area contributed by atoms with Crippen LogP contribution in [0.3, 0.4) is 0 Å². The molecule has 3 aromatic rings. The maximum absolute atomic E-state index is 6.06. The average molecular weight is 461 g/mol. The summed E-state index contributed by atoms with van der Waals surface area (Å²) in [5, 5.41) is 3.44. The molecule has 4 heteroatoms. The van der Waals surface area contributed by atoms with Crippen LogP contribution in [0.4, 0.5) is 5.69 Å². The number of anilines is 1. The van der Waals surface area contributed by atoms with E-state index in [1.807, 2.05) is 24.3 Å². The number of hydrogen-bond donors (Lipinski definition) is 1. The van der Waals surface area contributed by atoms with Crippen LogP contribution in [0, 0.1) is 6.92 Å². The lowest BCUT2D eigenvalue weighted by atomic mass is 10.1. The van der Waals surface area contributed by atoms with Gasteiger partial charge in [0.15, 0.2) is 0 Å². The van der Waals surface area contributed by atoms with Crippen LogP contribution in [0.1, 0.15) is 16.7 Å². The summed E-state index contributed by atoms with van der Waals surface area (Å²) >= 11 is 7.00. The predicted octanol–water partition coefficient (Wildman–Crippen LogP) is 6.71. The lowest BCUT2D eigenvalue weighted by Crippen LogP contribution is -2.04. The Bertz CT molecular complexity index is 830. The van der Waals surface area contributed by atoms with E-state index in [2.05, 4.69) is 86.6 Å². The molecule has 0 saturated heterocycles. The highest BCUT2D eigenvalue weighted by molar-refractivity contribution is 9.10. The normalized spacial score (nSPS) is 10.5. The molecular weight excluding hydrogens is 442 g/mol. The van der Waals surface area contributed by atoms with Crippen LogP contribution in [0.25, 0.3) is 0 Å². The topological polar surface area (TPSA) is 21.3 Å². The molecule has 0 aliphatic carbocycles. The van der Waals surface area contributed by atoms with E-state index in [1.165, 1.54) is 11.1 Å². The van der Waals surface area contributed by atoms with Crippen molar-refractivity contribution in [3.8, 4) is 5.75 Å².